The van der Waals surface area contributed by atoms with Crippen molar-refractivity contribution in [2.75, 3.05) is 13.2 Å². The van der Waals surface area contributed by atoms with Gasteiger partial charge in [-0.3, -0.25) is 14.1 Å². The highest BCUT2D eigenvalue weighted by molar-refractivity contribution is 5.41. The smallest absolute Gasteiger partial charge is 0.258 e. The van der Waals surface area contributed by atoms with Gasteiger partial charge in [0.05, 0.1) is 5.69 Å². The molecular formula is C16H23N3O2. The van der Waals surface area contributed by atoms with Crippen molar-refractivity contribution in [3.8, 4) is 0 Å². The number of aromatic nitrogens is 2. The van der Waals surface area contributed by atoms with Gasteiger partial charge in [0.2, 0.25) is 0 Å². The second kappa shape index (κ2) is 6.83. The van der Waals surface area contributed by atoms with E-state index in [1.807, 2.05) is 19.1 Å². The van der Waals surface area contributed by atoms with Crippen LogP contribution in [0.4, 0.5) is 0 Å². The van der Waals surface area contributed by atoms with Crippen molar-refractivity contribution in [3.05, 3.63) is 46.0 Å². The van der Waals surface area contributed by atoms with Gasteiger partial charge in [-0.25, -0.2) is 4.98 Å². The van der Waals surface area contributed by atoms with Gasteiger partial charge in [-0.05, 0) is 44.9 Å². The van der Waals surface area contributed by atoms with Crippen molar-refractivity contribution in [1.82, 2.24) is 14.3 Å². The number of rotatable bonds is 6. The predicted molar refractivity (Wildman–Crippen MR) is 83.4 cm³/mol. The summed E-state index contributed by atoms with van der Waals surface area (Å²) in [5.41, 5.74) is 2.49. The monoisotopic (exact) mass is 289 g/mol. The second-order valence-electron chi connectivity index (χ2n) is 5.66. The van der Waals surface area contributed by atoms with Gasteiger partial charge < -0.3 is 5.11 Å². The Morgan fingerprint density at radius 2 is 2.14 bits per heavy atom. The lowest BCUT2D eigenvalue weighted by Gasteiger charge is -2.25. The fourth-order valence-electron chi connectivity index (χ4n) is 2.34. The van der Waals surface area contributed by atoms with Crippen molar-refractivity contribution >= 4 is 5.65 Å². The summed E-state index contributed by atoms with van der Waals surface area (Å²) >= 11 is 0. The van der Waals surface area contributed by atoms with Crippen molar-refractivity contribution in [1.29, 1.82) is 0 Å². The first-order valence-corrected chi connectivity index (χ1v) is 7.35. The van der Waals surface area contributed by atoms with Gasteiger partial charge in [0.25, 0.3) is 5.56 Å². The first kappa shape index (κ1) is 15.7. The number of pyridine rings is 1. The van der Waals surface area contributed by atoms with Gasteiger partial charge in [0, 0.05) is 38.0 Å². The lowest BCUT2D eigenvalue weighted by Crippen LogP contribution is -2.32. The number of aliphatic hydroxyl groups is 1. The molecule has 5 nitrogen and oxygen atoms in total. The summed E-state index contributed by atoms with van der Waals surface area (Å²) < 4.78 is 1.56. The third-order valence-electron chi connectivity index (χ3n) is 3.57. The standard InChI is InChI=1S/C16H23N3O2/c1-12(2)18(6-4-8-20)11-14-10-16(21)19-7-5-13(3)9-15(19)17-14/h5,7,9-10,12,20H,4,6,8,11H2,1-3H3. The zero-order valence-electron chi connectivity index (χ0n) is 12.9. The number of hydrogen-bond donors (Lipinski definition) is 1. The van der Waals surface area contributed by atoms with E-state index in [-0.39, 0.29) is 12.2 Å². The molecule has 0 aliphatic carbocycles. The Balaban J connectivity index is 2.30. The van der Waals surface area contributed by atoms with Crippen molar-refractivity contribution in [2.45, 2.75) is 39.8 Å². The van der Waals surface area contributed by atoms with Crippen LogP contribution >= 0.6 is 0 Å². The molecule has 0 saturated carbocycles. The molecule has 0 aliphatic heterocycles. The van der Waals surface area contributed by atoms with Crippen LogP contribution in [0.15, 0.2) is 29.2 Å². The van der Waals surface area contributed by atoms with Crippen LogP contribution in [-0.4, -0.2) is 38.6 Å². The van der Waals surface area contributed by atoms with E-state index in [2.05, 4.69) is 23.7 Å². The average Bonchev–Trinajstić information content (AvgIpc) is 2.42. The van der Waals surface area contributed by atoms with Gasteiger partial charge in [-0.2, -0.15) is 0 Å². The minimum absolute atomic E-state index is 0.0548. The summed E-state index contributed by atoms with van der Waals surface area (Å²) in [7, 11) is 0. The molecule has 0 unspecified atom stereocenters. The van der Waals surface area contributed by atoms with Crippen LogP contribution in [0.2, 0.25) is 0 Å². The predicted octanol–water partition coefficient (Wildman–Crippen LogP) is 1.60. The summed E-state index contributed by atoms with van der Waals surface area (Å²) in [4.78, 5) is 18.9. The first-order valence-electron chi connectivity index (χ1n) is 7.35. The van der Waals surface area contributed by atoms with Crippen LogP contribution in [0.25, 0.3) is 5.65 Å². The topological polar surface area (TPSA) is 57.8 Å². The largest absolute Gasteiger partial charge is 0.396 e. The summed E-state index contributed by atoms with van der Waals surface area (Å²) in [5, 5.41) is 8.98. The maximum atomic E-state index is 12.1. The van der Waals surface area contributed by atoms with Gasteiger partial charge >= 0.3 is 0 Å². The molecule has 21 heavy (non-hydrogen) atoms. The maximum Gasteiger partial charge on any atom is 0.258 e. The van der Waals surface area contributed by atoms with Gasteiger partial charge in [-0.15, -0.1) is 0 Å². The molecular weight excluding hydrogens is 266 g/mol. The Labute approximate surface area is 124 Å². The molecule has 0 aliphatic rings. The molecule has 2 rings (SSSR count). The summed E-state index contributed by atoms with van der Waals surface area (Å²) in [6.07, 6.45) is 2.49. The highest BCUT2D eigenvalue weighted by Crippen LogP contribution is 2.08. The van der Waals surface area contributed by atoms with E-state index in [4.69, 9.17) is 5.11 Å². The third-order valence-corrected chi connectivity index (χ3v) is 3.57. The van der Waals surface area contributed by atoms with Crippen LogP contribution < -0.4 is 5.56 Å². The Morgan fingerprint density at radius 3 is 2.81 bits per heavy atom. The second-order valence-corrected chi connectivity index (χ2v) is 5.66. The summed E-state index contributed by atoms with van der Waals surface area (Å²) in [6.45, 7) is 7.79. The van der Waals surface area contributed by atoms with E-state index in [1.165, 1.54) is 0 Å². The van der Waals surface area contributed by atoms with E-state index >= 15 is 0 Å². The van der Waals surface area contributed by atoms with E-state index in [1.54, 1.807) is 16.7 Å². The summed E-state index contributed by atoms with van der Waals surface area (Å²) in [6, 6.07) is 5.75. The van der Waals surface area contributed by atoms with Crippen LogP contribution in [0.3, 0.4) is 0 Å². The van der Waals surface area contributed by atoms with E-state index in [0.29, 0.717) is 18.2 Å². The molecule has 114 valence electrons. The Morgan fingerprint density at radius 1 is 1.38 bits per heavy atom. The normalized spacial score (nSPS) is 11.7. The fraction of sp³-hybridized carbons (Fsp3) is 0.500. The van der Waals surface area contributed by atoms with Crippen LogP contribution in [-0.2, 0) is 6.54 Å². The molecule has 0 radical (unpaired) electrons. The maximum absolute atomic E-state index is 12.1. The molecule has 0 fully saturated rings. The average molecular weight is 289 g/mol. The Hall–Kier alpha value is -1.72. The van der Waals surface area contributed by atoms with Crippen molar-refractivity contribution in [3.63, 3.8) is 0 Å². The molecule has 0 aromatic carbocycles. The fourth-order valence-corrected chi connectivity index (χ4v) is 2.34. The number of aliphatic hydroxyl groups excluding tert-OH is 1. The van der Waals surface area contributed by atoms with Crippen LogP contribution in [0.1, 0.15) is 31.5 Å². The molecule has 2 aromatic rings. The van der Waals surface area contributed by atoms with Gasteiger partial charge in [-0.1, -0.05) is 0 Å². The molecule has 0 atom stereocenters. The van der Waals surface area contributed by atoms with E-state index in [0.717, 1.165) is 24.2 Å². The molecule has 2 heterocycles. The first-order chi connectivity index (χ1) is 10.0. The minimum atomic E-state index is -0.0548. The van der Waals surface area contributed by atoms with E-state index in [9.17, 15) is 4.79 Å². The Kier molecular flexibility index (Phi) is 5.09. The molecule has 1 N–H and O–H groups in total. The zero-order chi connectivity index (χ0) is 15.4. The minimum Gasteiger partial charge on any atom is -0.396 e. The third kappa shape index (κ3) is 3.89. The lowest BCUT2D eigenvalue weighted by atomic mass is 10.2. The van der Waals surface area contributed by atoms with E-state index < -0.39 is 0 Å². The SMILES string of the molecule is Cc1ccn2c(=O)cc(CN(CCCO)C(C)C)nc2c1. The number of nitrogens with zero attached hydrogens (tertiary/aromatic N) is 3. The zero-order valence-corrected chi connectivity index (χ0v) is 12.9. The van der Waals surface area contributed by atoms with Gasteiger partial charge in [0.15, 0.2) is 0 Å². The molecule has 0 spiro atoms. The molecule has 0 amide bonds. The van der Waals surface area contributed by atoms with Crippen molar-refractivity contribution in [2.24, 2.45) is 0 Å². The number of aryl methyl sites for hydroxylation is 1. The highest BCUT2D eigenvalue weighted by atomic mass is 16.3. The number of hydrogen-bond acceptors (Lipinski definition) is 4. The summed E-state index contributed by atoms with van der Waals surface area (Å²) in [5.74, 6) is 0. The molecule has 2 aromatic heterocycles. The van der Waals surface area contributed by atoms with Crippen LogP contribution in [0.5, 0.6) is 0 Å². The van der Waals surface area contributed by atoms with Crippen LogP contribution in [0, 0.1) is 6.92 Å². The van der Waals surface area contributed by atoms with Gasteiger partial charge in [0.1, 0.15) is 5.65 Å². The quantitative estimate of drug-likeness (QED) is 0.877. The molecule has 0 saturated heterocycles. The molecule has 5 heteroatoms. The highest BCUT2D eigenvalue weighted by Gasteiger charge is 2.12. The Bertz CT molecular complexity index is 664. The molecule has 0 bridgehead atoms. The number of fused-ring (bicyclic) bond motifs is 1. The van der Waals surface area contributed by atoms with Crippen molar-refractivity contribution < 1.29 is 5.11 Å². The lowest BCUT2D eigenvalue weighted by molar-refractivity contribution is 0.183.